The zero-order valence-corrected chi connectivity index (χ0v) is 14.8. The molecule has 3 aromatic rings. The lowest BCUT2D eigenvalue weighted by Crippen LogP contribution is -2.15. The Kier molecular flexibility index (Phi) is 5.20. The van der Waals surface area contributed by atoms with Crippen molar-refractivity contribution >= 4 is 34.4 Å². The fourth-order valence-electron chi connectivity index (χ4n) is 2.43. The highest BCUT2D eigenvalue weighted by atomic mass is 35.5. The smallest absolute Gasteiger partial charge is 0.226 e. The molecule has 8 nitrogen and oxygen atoms in total. The topological polar surface area (TPSA) is 103 Å². The molecule has 0 unspecified atom stereocenters. The number of halogens is 1. The van der Waals surface area contributed by atoms with Gasteiger partial charge in [-0.25, -0.2) is 0 Å². The lowest BCUT2D eigenvalue weighted by atomic mass is 10.2. The minimum Gasteiger partial charge on any atom is -0.495 e. The molecule has 1 aromatic carbocycles. The third-order valence-corrected chi connectivity index (χ3v) is 3.99. The number of aromatic nitrogens is 4. The van der Waals surface area contributed by atoms with E-state index in [0.29, 0.717) is 42.2 Å². The number of rotatable bonds is 7. The first kappa shape index (κ1) is 17.2. The monoisotopic (exact) mass is 361 g/mol. The fraction of sp³-hybridized carbons (Fsp3) is 0.312. The third kappa shape index (κ3) is 3.75. The van der Waals surface area contributed by atoms with Crippen molar-refractivity contribution in [1.29, 1.82) is 0 Å². The molecule has 2 heterocycles. The van der Waals surface area contributed by atoms with Gasteiger partial charge in [-0.1, -0.05) is 17.7 Å². The van der Waals surface area contributed by atoms with E-state index in [0.717, 1.165) is 16.6 Å². The molecule has 2 aromatic heterocycles. The van der Waals surface area contributed by atoms with Crippen LogP contribution in [0.4, 0.5) is 11.8 Å². The van der Waals surface area contributed by atoms with E-state index in [4.69, 9.17) is 22.1 Å². The van der Waals surface area contributed by atoms with E-state index in [1.54, 1.807) is 18.0 Å². The minimum absolute atomic E-state index is 0.500. The van der Waals surface area contributed by atoms with E-state index in [2.05, 4.69) is 25.7 Å². The average Bonchev–Trinajstić information content (AvgIpc) is 2.99. The summed E-state index contributed by atoms with van der Waals surface area (Å²) in [6.45, 7) is 1.65. The average molecular weight is 362 g/mol. The molecule has 0 aliphatic rings. The van der Waals surface area contributed by atoms with Crippen LogP contribution in [0.2, 0.25) is 5.02 Å². The van der Waals surface area contributed by atoms with Gasteiger partial charge in [0.25, 0.3) is 0 Å². The highest BCUT2D eigenvalue weighted by molar-refractivity contribution is 6.32. The lowest BCUT2D eigenvalue weighted by Gasteiger charge is -2.11. The number of methoxy groups -OCH3 is 1. The molecule has 25 heavy (non-hydrogen) atoms. The molecule has 0 spiro atoms. The van der Waals surface area contributed by atoms with Gasteiger partial charge in [-0.15, -0.1) is 0 Å². The molecule has 0 saturated heterocycles. The van der Waals surface area contributed by atoms with E-state index in [1.807, 2.05) is 25.2 Å². The summed E-state index contributed by atoms with van der Waals surface area (Å²) in [6.07, 6.45) is 1.74. The van der Waals surface area contributed by atoms with E-state index in [1.165, 1.54) is 0 Å². The second-order valence-electron chi connectivity index (χ2n) is 5.44. The van der Waals surface area contributed by atoms with Crippen LogP contribution in [0.25, 0.3) is 11.0 Å². The Balaban J connectivity index is 1.85. The van der Waals surface area contributed by atoms with E-state index in [9.17, 15) is 0 Å². The quantitative estimate of drug-likeness (QED) is 0.591. The summed E-state index contributed by atoms with van der Waals surface area (Å²) in [7, 11) is 3.43. The molecule has 0 bridgehead atoms. The predicted molar refractivity (Wildman–Crippen MR) is 99.2 cm³/mol. The Morgan fingerprint density at radius 1 is 1.28 bits per heavy atom. The Hall–Kier alpha value is -2.58. The highest BCUT2D eigenvalue weighted by Gasteiger charge is 2.11. The summed E-state index contributed by atoms with van der Waals surface area (Å²) in [5.74, 6) is 1.86. The van der Waals surface area contributed by atoms with Crippen LogP contribution in [0.1, 0.15) is 5.56 Å². The van der Waals surface area contributed by atoms with Crippen LogP contribution in [0, 0.1) is 0 Å². The number of nitrogens with one attached hydrogen (secondary N) is 2. The molecule has 0 fully saturated rings. The van der Waals surface area contributed by atoms with E-state index < -0.39 is 0 Å². The molecule has 0 radical (unpaired) electrons. The Labute approximate surface area is 150 Å². The Bertz CT molecular complexity index is 880. The molecule has 0 saturated carbocycles. The van der Waals surface area contributed by atoms with Gasteiger partial charge < -0.3 is 21.1 Å². The first-order valence-electron chi connectivity index (χ1n) is 7.82. The summed E-state index contributed by atoms with van der Waals surface area (Å²) >= 11 is 6.18. The van der Waals surface area contributed by atoms with Crippen LogP contribution >= 0.6 is 11.6 Å². The first-order chi connectivity index (χ1) is 12.1. The molecule has 0 atom stereocenters. The second kappa shape index (κ2) is 7.54. The molecular formula is C16H20ClN7O. The largest absolute Gasteiger partial charge is 0.495 e. The summed E-state index contributed by atoms with van der Waals surface area (Å²) in [4.78, 5) is 8.99. The number of ether oxygens (including phenoxy) is 1. The van der Waals surface area contributed by atoms with Gasteiger partial charge in [0.15, 0.2) is 5.65 Å². The molecule has 9 heteroatoms. The maximum absolute atomic E-state index is 6.18. The van der Waals surface area contributed by atoms with Gasteiger partial charge >= 0.3 is 0 Å². The number of benzene rings is 1. The number of hydrogen-bond donors (Lipinski definition) is 3. The minimum atomic E-state index is 0.500. The van der Waals surface area contributed by atoms with Crippen molar-refractivity contribution < 1.29 is 4.74 Å². The van der Waals surface area contributed by atoms with Crippen LogP contribution in [0.15, 0.2) is 24.4 Å². The van der Waals surface area contributed by atoms with Crippen molar-refractivity contribution in [2.45, 2.75) is 6.54 Å². The fourth-order valence-corrected chi connectivity index (χ4v) is 2.71. The molecule has 0 aliphatic heterocycles. The van der Waals surface area contributed by atoms with E-state index >= 15 is 0 Å². The first-order valence-corrected chi connectivity index (χ1v) is 8.20. The number of hydrogen-bond acceptors (Lipinski definition) is 7. The van der Waals surface area contributed by atoms with Crippen LogP contribution in [-0.4, -0.2) is 39.9 Å². The van der Waals surface area contributed by atoms with Gasteiger partial charge in [0.1, 0.15) is 11.6 Å². The number of nitrogens with two attached hydrogens (primary N) is 1. The maximum atomic E-state index is 6.18. The summed E-state index contributed by atoms with van der Waals surface area (Å²) in [5.41, 5.74) is 7.29. The van der Waals surface area contributed by atoms with Gasteiger partial charge in [-0.2, -0.15) is 15.1 Å². The van der Waals surface area contributed by atoms with E-state index in [-0.39, 0.29) is 0 Å². The number of nitrogens with zero attached hydrogens (tertiary/aromatic N) is 4. The Morgan fingerprint density at radius 3 is 2.84 bits per heavy atom. The van der Waals surface area contributed by atoms with Crippen LogP contribution in [-0.2, 0) is 13.6 Å². The van der Waals surface area contributed by atoms with Crippen molar-refractivity contribution in [3.63, 3.8) is 0 Å². The van der Waals surface area contributed by atoms with Gasteiger partial charge in [0.05, 0.1) is 23.7 Å². The Morgan fingerprint density at radius 2 is 2.12 bits per heavy atom. The van der Waals surface area contributed by atoms with Crippen molar-refractivity contribution in [2.24, 2.45) is 12.8 Å². The SMILES string of the molecule is COc1ccc(CNc2nc(NCCN)nc3c2cnn3C)cc1Cl. The van der Waals surface area contributed by atoms with Gasteiger partial charge in [-0.05, 0) is 17.7 Å². The predicted octanol–water partition coefficient (Wildman–Crippen LogP) is 2.01. The van der Waals surface area contributed by atoms with Crippen LogP contribution in [0.3, 0.4) is 0 Å². The second-order valence-corrected chi connectivity index (χ2v) is 5.85. The van der Waals surface area contributed by atoms with Crippen molar-refractivity contribution in [3.05, 3.63) is 35.0 Å². The number of fused-ring (bicyclic) bond motifs is 1. The normalized spacial score (nSPS) is 10.9. The van der Waals surface area contributed by atoms with Gasteiger partial charge in [0.2, 0.25) is 5.95 Å². The molecule has 3 rings (SSSR count). The molecule has 0 aliphatic carbocycles. The standard InChI is InChI=1S/C16H20ClN7O/c1-24-15-11(9-21-24)14(22-16(23-15)19-6-5-18)20-8-10-3-4-13(25-2)12(17)7-10/h3-4,7,9H,5-6,8,18H2,1-2H3,(H2,19,20,22,23). The molecule has 4 N–H and O–H groups in total. The van der Waals surface area contributed by atoms with Crippen molar-refractivity contribution in [2.75, 3.05) is 30.8 Å². The van der Waals surface area contributed by atoms with Crippen molar-refractivity contribution in [3.8, 4) is 5.75 Å². The maximum Gasteiger partial charge on any atom is 0.226 e. The number of anilines is 2. The van der Waals surface area contributed by atoms with Gasteiger partial charge in [0, 0.05) is 26.7 Å². The third-order valence-electron chi connectivity index (χ3n) is 3.70. The van der Waals surface area contributed by atoms with Crippen LogP contribution in [0.5, 0.6) is 5.75 Å². The summed E-state index contributed by atoms with van der Waals surface area (Å²) < 4.78 is 6.88. The molecule has 0 amide bonds. The zero-order valence-electron chi connectivity index (χ0n) is 14.1. The zero-order chi connectivity index (χ0) is 17.8. The van der Waals surface area contributed by atoms with Crippen LogP contribution < -0.4 is 21.1 Å². The molecular weight excluding hydrogens is 342 g/mol. The summed E-state index contributed by atoms with van der Waals surface area (Å²) in [5, 5.41) is 12.1. The number of aryl methyl sites for hydroxylation is 1. The van der Waals surface area contributed by atoms with Crippen molar-refractivity contribution in [1.82, 2.24) is 19.7 Å². The molecule has 132 valence electrons. The highest BCUT2D eigenvalue weighted by Crippen LogP contribution is 2.26. The summed E-state index contributed by atoms with van der Waals surface area (Å²) in [6, 6.07) is 5.66. The van der Waals surface area contributed by atoms with Gasteiger partial charge in [-0.3, -0.25) is 4.68 Å². The lowest BCUT2D eigenvalue weighted by molar-refractivity contribution is 0.415.